The number of ether oxygens (including phenoxy) is 1. The van der Waals surface area contributed by atoms with Gasteiger partial charge < -0.3 is 10.1 Å². The van der Waals surface area contributed by atoms with Gasteiger partial charge in [0.2, 0.25) is 5.91 Å². The minimum atomic E-state index is -1.23. The summed E-state index contributed by atoms with van der Waals surface area (Å²) in [5.41, 5.74) is -0.962. The van der Waals surface area contributed by atoms with Gasteiger partial charge in [0.05, 0.1) is 12.5 Å². The molecule has 4 nitrogen and oxygen atoms in total. The van der Waals surface area contributed by atoms with Crippen molar-refractivity contribution < 1.29 is 13.9 Å². The number of rotatable bonds is 6. The summed E-state index contributed by atoms with van der Waals surface area (Å²) in [7, 11) is 0. The number of amides is 1. The molecule has 2 rings (SSSR count). The van der Waals surface area contributed by atoms with E-state index in [4.69, 9.17) is 16.3 Å². The molecule has 0 aliphatic heterocycles. The fourth-order valence-corrected chi connectivity index (χ4v) is 2.15. The summed E-state index contributed by atoms with van der Waals surface area (Å²) in [5, 5.41) is 12.5. The summed E-state index contributed by atoms with van der Waals surface area (Å²) in [6.07, 6.45) is -0.148. The quantitative estimate of drug-likeness (QED) is 0.870. The number of nitriles is 1. The van der Waals surface area contributed by atoms with Gasteiger partial charge in [-0.15, -0.1) is 0 Å². The van der Waals surface area contributed by atoms with Crippen molar-refractivity contribution in [1.29, 1.82) is 5.26 Å². The monoisotopic (exact) mass is 346 g/mol. The Hall–Kier alpha value is -2.58. The number of benzene rings is 2. The molecular weight excluding hydrogens is 331 g/mol. The summed E-state index contributed by atoms with van der Waals surface area (Å²) in [6, 6.07) is 14.7. The van der Waals surface area contributed by atoms with Crippen molar-refractivity contribution in [2.75, 3.05) is 6.61 Å². The van der Waals surface area contributed by atoms with Crippen LogP contribution in [0, 0.1) is 17.1 Å². The lowest BCUT2D eigenvalue weighted by Crippen LogP contribution is -2.49. The van der Waals surface area contributed by atoms with E-state index in [9.17, 15) is 14.4 Å². The van der Waals surface area contributed by atoms with E-state index in [0.717, 1.165) is 0 Å². The van der Waals surface area contributed by atoms with Crippen molar-refractivity contribution in [3.05, 3.63) is 64.9 Å². The number of hydrogen-bond acceptors (Lipinski definition) is 3. The van der Waals surface area contributed by atoms with Gasteiger partial charge in [-0.1, -0.05) is 29.8 Å². The lowest BCUT2D eigenvalue weighted by molar-refractivity contribution is -0.122. The Balaban J connectivity index is 1.96. The summed E-state index contributed by atoms with van der Waals surface area (Å²) in [6.45, 7) is 1.50. The molecule has 0 spiro atoms. The van der Waals surface area contributed by atoms with E-state index >= 15 is 0 Å². The van der Waals surface area contributed by atoms with Gasteiger partial charge in [-0.25, -0.2) is 4.39 Å². The Labute approximate surface area is 144 Å². The molecule has 0 heterocycles. The molecule has 0 aliphatic carbocycles. The van der Waals surface area contributed by atoms with Gasteiger partial charge in [-0.05, 0) is 42.8 Å². The third-order valence-electron chi connectivity index (χ3n) is 3.31. The third-order valence-corrected chi connectivity index (χ3v) is 3.56. The van der Waals surface area contributed by atoms with Crippen LogP contribution in [0.3, 0.4) is 0 Å². The van der Waals surface area contributed by atoms with Crippen LogP contribution >= 0.6 is 11.6 Å². The van der Waals surface area contributed by atoms with E-state index in [-0.39, 0.29) is 18.6 Å². The van der Waals surface area contributed by atoms with E-state index in [1.165, 1.54) is 12.1 Å². The summed E-state index contributed by atoms with van der Waals surface area (Å²) in [4.78, 5) is 12.1. The first-order chi connectivity index (χ1) is 11.4. The zero-order chi connectivity index (χ0) is 17.6. The SMILES string of the molecule is CC(C#N)(COc1ccc(Cl)cc1)NC(=O)Cc1ccccc1F. The van der Waals surface area contributed by atoms with E-state index in [1.807, 2.05) is 6.07 Å². The molecule has 6 heteroatoms. The molecule has 0 aromatic heterocycles. The second-order valence-corrected chi connectivity index (χ2v) is 5.94. The maximum atomic E-state index is 13.6. The highest BCUT2D eigenvalue weighted by Gasteiger charge is 2.27. The van der Waals surface area contributed by atoms with Gasteiger partial charge >= 0.3 is 0 Å². The van der Waals surface area contributed by atoms with Gasteiger partial charge in [-0.3, -0.25) is 4.79 Å². The molecule has 0 aliphatic rings. The molecule has 1 N–H and O–H groups in total. The topological polar surface area (TPSA) is 62.1 Å². The second kappa shape index (κ2) is 7.80. The van der Waals surface area contributed by atoms with Gasteiger partial charge in [-0.2, -0.15) is 5.26 Å². The standard InChI is InChI=1S/C18H16ClFN2O2/c1-18(11-21,12-24-15-8-6-14(19)7-9-15)22-17(23)10-13-4-2-3-5-16(13)20/h2-9H,10,12H2,1H3,(H,22,23). The molecular formula is C18H16ClFN2O2. The fourth-order valence-electron chi connectivity index (χ4n) is 2.02. The van der Waals surface area contributed by atoms with Gasteiger partial charge in [0.1, 0.15) is 18.2 Å². The van der Waals surface area contributed by atoms with Crippen molar-refractivity contribution in [2.24, 2.45) is 0 Å². The molecule has 1 unspecified atom stereocenters. The predicted octanol–water partition coefficient (Wildman–Crippen LogP) is 3.50. The van der Waals surface area contributed by atoms with Gasteiger partial charge in [0.15, 0.2) is 5.54 Å². The Bertz CT molecular complexity index is 758. The van der Waals surface area contributed by atoms with Crippen molar-refractivity contribution in [3.8, 4) is 11.8 Å². The summed E-state index contributed by atoms with van der Waals surface area (Å²) < 4.78 is 19.1. The molecule has 0 radical (unpaired) electrons. The van der Waals surface area contributed by atoms with Crippen LogP contribution in [0.2, 0.25) is 5.02 Å². The van der Waals surface area contributed by atoms with Crippen molar-refractivity contribution >= 4 is 17.5 Å². The smallest absolute Gasteiger partial charge is 0.225 e. The maximum absolute atomic E-state index is 13.6. The molecule has 2 aromatic carbocycles. The first-order valence-corrected chi connectivity index (χ1v) is 7.64. The average molecular weight is 347 g/mol. The molecule has 24 heavy (non-hydrogen) atoms. The molecule has 1 amide bonds. The summed E-state index contributed by atoms with van der Waals surface area (Å²) in [5.74, 6) is -0.378. The Morgan fingerprint density at radius 3 is 2.58 bits per heavy atom. The van der Waals surface area contributed by atoms with E-state index in [1.54, 1.807) is 43.3 Å². The zero-order valence-corrected chi connectivity index (χ0v) is 13.8. The number of nitrogens with one attached hydrogen (secondary N) is 1. The molecule has 0 fully saturated rings. The molecule has 0 bridgehead atoms. The second-order valence-electron chi connectivity index (χ2n) is 5.50. The molecule has 0 saturated carbocycles. The Morgan fingerprint density at radius 2 is 1.96 bits per heavy atom. The maximum Gasteiger partial charge on any atom is 0.225 e. The lowest BCUT2D eigenvalue weighted by Gasteiger charge is -2.23. The fraction of sp³-hybridized carbons (Fsp3) is 0.222. The largest absolute Gasteiger partial charge is 0.490 e. The highest BCUT2D eigenvalue weighted by molar-refractivity contribution is 6.30. The highest BCUT2D eigenvalue weighted by atomic mass is 35.5. The van der Waals surface area contributed by atoms with Crippen molar-refractivity contribution in [3.63, 3.8) is 0 Å². The first kappa shape index (κ1) is 17.8. The van der Waals surface area contributed by atoms with Crippen LogP contribution < -0.4 is 10.1 Å². The van der Waals surface area contributed by atoms with E-state index in [0.29, 0.717) is 10.8 Å². The minimum Gasteiger partial charge on any atom is -0.490 e. The first-order valence-electron chi connectivity index (χ1n) is 7.26. The van der Waals surface area contributed by atoms with Crippen LogP contribution in [0.5, 0.6) is 5.75 Å². The Morgan fingerprint density at radius 1 is 1.29 bits per heavy atom. The number of hydrogen-bond donors (Lipinski definition) is 1. The molecule has 2 aromatic rings. The Kier molecular flexibility index (Phi) is 5.78. The minimum absolute atomic E-state index is 0.0475. The van der Waals surface area contributed by atoms with E-state index in [2.05, 4.69) is 5.32 Å². The highest BCUT2D eigenvalue weighted by Crippen LogP contribution is 2.17. The zero-order valence-electron chi connectivity index (χ0n) is 13.1. The lowest BCUT2D eigenvalue weighted by atomic mass is 10.0. The van der Waals surface area contributed by atoms with Crippen LogP contribution in [0.4, 0.5) is 4.39 Å². The van der Waals surface area contributed by atoms with E-state index < -0.39 is 17.3 Å². The van der Waals surface area contributed by atoms with Gasteiger partial charge in [0.25, 0.3) is 0 Å². The van der Waals surface area contributed by atoms with Crippen LogP contribution in [-0.2, 0) is 11.2 Å². The molecule has 124 valence electrons. The molecule has 0 saturated heterocycles. The number of nitrogens with zero attached hydrogens (tertiary/aromatic N) is 1. The van der Waals surface area contributed by atoms with Crippen LogP contribution in [0.15, 0.2) is 48.5 Å². The number of halogens is 2. The normalized spacial score (nSPS) is 12.8. The van der Waals surface area contributed by atoms with Gasteiger partial charge in [0, 0.05) is 5.02 Å². The predicted molar refractivity (Wildman–Crippen MR) is 89.2 cm³/mol. The van der Waals surface area contributed by atoms with Crippen LogP contribution in [0.1, 0.15) is 12.5 Å². The van der Waals surface area contributed by atoms with Crippen LogP contribution in [0.25, 0.3) is 0 Å². The average Bonchev–Trinajstić information content (AvgIpc) is 2.56. The summed E-state index contributed by atoms with van der Waals surface area (Å²) >= 11 is 5.79. The van der Waals surface area contributed by atoms with Crippen molar-refractivity contribution in [2.45, 2.75) is 18.9 Å². The number of carbonyl (C=O) groups is 1. The number of carbonyl (C=O) groups excluding carboxylic acids is 1. The molecule has 1 atom stereocenters. The third kappa shape index (κ3) is 4.97. The van der Waals surface area contributed by atoms with Crippen LogP contribution in [-0.4, -0.2) is 18.1 Å². The van der Waals surface area contributed by atoms with Crippen molar-refractivity contribution in [1.82, 2.24) is 5.32 Å².